The summed E-state index contributed by atoms with van der Waals surface area (Å²) in [5.41, 5.74) is 2.48. The average molecular weight is 507 g/mol. The largest absolute Gasteiger partial charge is 0.444 e. The van der Waals surface area contributed by atoms with Gasteiger partial charge in [0.1, 0.15) is 17.1 Å². The van der Waals surface area contributed by atoms with Gasteiger partial charge in [0.25, 0.3) is 5.91 Å². The van der Waals surface area contributed by atoms with Crippen LogP contribution in [0.15, 0.2) is 53.2 Å². The van der Waals surface area contributed by atoms with E-state index in [0.29, 0.717) is 30.4 Å². The Morgan fingerprint density at radius 3 is 2.62 bits per heavy atom. The number of hydrogen-bond acceptors (Lipinski definition) is 7. The van der Waals surface area contributed by atoms with Crippen molar-refractivity contribution in [3.8, 4) is 11.5 Å². The minimum Gasteiger partial charge on any atom is -0.444 e. The highest BCUT2D eigenvalue weighted by molar-refractivity contribution is 5.94. The number of pyridine rings is 1. The molecule has 2 atom stereocenters. The second-order valence-corrected chi connectivity index (χ2v) is 10.2. The monoisotopic (exact) mass is 506 g/mol. The van der Waals surface area contributed by atoms with Crippen molar-refractivity contribution in [1.29, 1.82) is 0 Å². The van der Waals surface area contributed by atoms with E-state index >= 15 is 0 Å². The fourth-order valence-electron chi connectivity index (χ4n) is 4.13. The van der Waals surface area contributed by atoms with Gasteiger partial charge in [-0.15, -0.1) is 0 Å². The Bertz CT molecular complexity index is 1200. The number of ether oxygens (including phenoxy) is 2. The van der Waals surface area contributed by atoms with Crippen LogP contribution >= 0.6 is 0 Å². The topological polar surface area (TPSA) is 116 Å². The summed E-state index contributed by atoms with van der Waals surface area (Å²) < 4.78 is 17.3. The number of nitrogens with one attached hydrogen (secondary N) is 2. The second-order valence-electron chi connectivity index (χ2n) is 10.2. The molecule has 0 spiro atoms. The molecule has 1 aliphatic carbocycles. The van der Waals surface area contributed by atoms with Gasteiger partial charge in [-0.25, -0.2) is 9.78 Å². The van der Waals surface area contributed by atoms with Gasteiger partial charge in [-0.05, 0) is 82.9 Å². The van der Waals surface area contributed by atoms with Gasteiger partial charge in [0.15, 0.2) is 0 Å². The molecule has 2 aromatic heterocycles. The molecule has 1 fully saturated rings. The molecule has 0 radical (unpaired) electrons. The molecule has 1 saturated carbocycles. The normalized spacial score (nSPS) is 17.4. The van der Waals surface area contributed by atoms with E-state index in [9.17, 15) is 9.59 Å². The summed E-state index contributed by atoms with van der Waals surface area (Å²) in [7, 11) is 0. The summed E-state index contributed by atoms with van der Waals surface area (Å²) >= 11 is 0. The van der Waals surface area contributed by atoms with Crippen molar-refractivity contribution in [2.24, 2.45) is 0 Å². The second kappa shape index (κ2) is 11.6. The Balaban J connectivity index is 1.27. The summed E-state index contributed by atoms with van der Waals surface area (Å²) in [6.45, 7) is 8.13. The molecule has 2 N–H and O–H groups in total. The molecule has 0 bridgehead atoms. The lowest BCUT2D eigenvalue weighted by Gasteiger charge is -2.21. The number of hydrogen-bond donors (Lipinski definition) is 2. The van der Waals surface area contributed by atoms with Crippen LogP contribution in [0.2, 0.25) is 0 Å². The first-order valence-electron chi connectivity index (χ1n) is 12.5. The third-order valence-corrected chi connectivity index (χ3v) is 6.02. The van der Waals surface area contributed by atoms with Crippen LogP contribution in [0.5, 0.6) is 0 Å². The molecular formula is C28H34N4O5. The van der Waals surface area contributed by atoms with Gasteiger partial charge in [0.2, 0.25) is 5.89 Å². The van der Waals surface area contributed by atoms with E-state index in [1.54, 1.807) is 24.5 Å². The molecule has 4 rings (SSSR count). The van der Waals surface area contributed by atoms with Gasteiger partial charge in [0.05, 0.1) is 12.7 Å². The quantitative estimate of drug-likeness (QED) is 0.445. The molecule has 2 amide bonds. The van der Waals surface area contributed by atoms with E-state index in [-0.39, 0.29) is 18.1 Å². The van der Waals surface area contributed by atoms with E-state index in [1.807, 2.05) is 52.0 Å². The molecule has 2 heterocycles. The Labute approximate surface area is 217 Å². The third-order valence-electron chi connectivity index (χ3n) is 6.02. The van der Waals surface area contributed by atoms with E-state index in [2.05, 4.69) is 20.6 Å². The zero-order chi connectivity index (χ0) is 26.4. The maximum Gasteiger partial charge on any atom is 0.407 e. The number of nitrogens with zero attached hydrogens (tertiary/aromatic N) is 2. The average Bonchev–Trinajstić information content (AvgIpc) is 3.46. The van der Waals surface area contributed by atoms with Gasteiger partial charge < -0.3 is 24.5 Å². The van der Waals surface area contributed by atoms with Gasteiger partial charge in [-0.1, -0.05) is 6.07 Å². The lowest BCUT2D eigenvalue weighted by atomic mass is 10.1. The number of amides is 2. The van der Waals surface area contributed by atoms with Crippen LogP contribution in [-0.4, -0.2) is 39.7 Å². The summed E-state index contributed by atoms with van der Waals surface area (Å²) in [6, 6.07) is 10.9. The predicted octanol–water partition coefficient (Wildman–Crippen LogP) is 4.94. The summed E-state index contributed by atoms with van der Waals surface area (Å²) in [6.07, 6.45) is 5.48. The number of aryl methyl sites for hydroxylation is 1. The minimum absolute atomic E-state index is 0.0314. The zero-order valence-electron chi connectivity index (χ0n) is 21.7. The first-order valence-corrected chi connectivity index (χ1v) is 12.5. The highest BCUT2D eigenvalue weighted by Crippen LogP contribution is 2.26. The highest BCUT2D eigenvalue weighted by Gasteiger charge is 2.28. The molecule has 9 nitrogen and oxygen atoms in total. The fourth-order valence-corrected chi connectivity index (χ4v) is 4.13. The number of benzene rings is 1. The number of carbonyl (C=O) groups is 2. The molecular weight excluding hydrogens is 472 g/mol. The molecule has 0 saturated heterocycles. The van der Waals surface area contributed by atoms with Crippen LogP contribution in [-0.2, 0) is 22.6 Å². The van der Waals surface area contributed by atoms with Crippen molar-refractivity contribution in [3.05, 3.63) is 71.4 Å². The van der Waals surface area contributed by atoms with Crippen molar-refractivity contribution >= 4 is 12.0 Å². The number of rotatable bonds is 8. The molecule has 196 valence electrons. The maximum absolute atomic E-state index is 12.5. The van der Waals surface area contributed by atoms with Gasteiger partial charge in [-0.3, -0.25) is 9.78 Å². The number of aromatic nitrogens is 2. The van der Waals surface area contributed by atoms with Gasteiger partial charge in [0, 0.05) is 36.1 Å². The van der Waals surface area contributed by atoms with Crippen LogP contribution in [0.1, 0.15) is 67.4 Å². The van der Waals surface area contributed by atoms with Gasteiger partial charge >= 0.3 is 6.09 Å². The SMILES string of the molecule is Cc1oc(-c2ccc(C(=O)NCc3cccnc3)cc2)nc1COC1CCC(NC(=O)OC(C)(C)C)C1. The van der Waals surface area contributed by atoms with Crippen LogP contribution < -0.4 is 10.6 Å². The van der Waals surface area contributed by atoms with Crippen molar-refractivity contribution in [2.75, 3.05) is 0 Å². The summed E-state index contributed by atoms with van der Waals surface area (Å²) in [5.74, 6) is 1.01. The Kier molecular flexibility index (Phi) is 8.23. The van der Waals surface area contributed by atoms with E-state index in [4.69, 9.17) is 13.9 Å². The Morgan fingerprint density at radius 2 is 1.92 bits per heavy atom. The van der Waals surface area contributed by atoms with E-state index in [1.165, 1.54) is 0 Å². The number of oxazole rings is 1. The standard InChI is InChI=1S/C28H34N4O5/c1-18-24(17-35-23-12-11-22(14-23)31-27(34)37-28(2,3)4)32-26(36-18)21-9-7-20(8-10-21)25(33)30-16-19-6-5-13-29-15-19/h5-10,13,15,22-23H,11-12,14,16-17H2,1-4H3,(H,30,33)(H,31,34). The van der Waals surface area contributed by atoms with Crippen LogP contribution in [0.3, 0.4) is 0 Å². The van der Waals surface area contributed by atoms with Gasteiger partial charge in [-0.2, -0.15) is 0 Å². The van der Waals surface area contributed by atoms with E-state index < -0.39 is 11.7 Å². The molecule has 37 heavy (non-hydrogen) atoms. The zero-order valence-corrected chi connectivity index (χ0v) is 21.7. The fraction of sp³-hybridized carbons (Fsp3) is 0.429. The van der Waals surface area contributed by atoms with Crippen LogP contribution in [0, 0.1) is 6.92 Å². The lowest BCUT2D eigenvalue weighted by molar-refractivity contribution is 0.0385. The highest BCUT2D eigenvalue weighted by atomic mass is 16.6. The maximum atomic E-state index is 12.5. The minimum atomic E-state index is -0.520. The van der Waals surface area contributed by atoms with Crippen molar-refractivity contribution in [2.45, 2.75) is 77.9 Å². The summed E-state index contributed by atoms with van der Waals surface area (Å²) in [4.78, 5) is 33.1. The number of carbonyl (C=O) groups excluding carboxylic acids is 2. The Morgan fingerprint density at radius 1 is 1.14 bits per heavy atom. The smallest absolute Gasteiger partial charge is 0.407 e. The molecule has 3 aromatic rings. The first kappa shape index (κ1) is 26.3. The predicted molar refractivity (Wildman–Crippen MR) is 138 cm³/mol. The van der Waals surface area contributed by atoms with E-state index in [0.717, 1.165) is 36.1 Å². The van der Waals surface area contributed by atoms with Crippen LogP contribution in [0.25, 0.3) is 11.5 Å². The van der Waals surface area contributed by atoms with Crippen LogP contribution in [0.4, 0.5) is 4.79 Å². The van der Waals surface area contributed by atoms with Crippen molar-refractivity contribution in [1.82, 2.24) is 20.6 Å². The number of alkyl carbamates (subject to hydrolysis) is 1. The molecule has 1 aromatic carbocycles. The molecule has 9 heteroatoms. The van der Waals surface area contributed by atoms with Crippen molar-refractivity contribution < 1.29 is 23.5 Å². The Hall–Kier alpha value is -3.72. The molecule has 2 unspecified atom stereocenters. The third kappa shape index (κ3) is 7.63. The molecule has 1 aliphatic rings. The lowest BCUT2D eigenvalue weighted by Crippen LogP contribution is -2.38. The molecule has 0 aliphatic heterocycles. The first-order chi connectivity index (χ1) is 17.7. The van der Waals surface area contributed by atoms with Crippen molar-refractivity contribution in [3.63, 3.8) is 0 Å². The summed E-state index contributed by atoms with van der Waals surface area (Å²) in [5, 5.41) is 5.81.